The fourth-order valence-electron chi connectivity index (χ4n) is 3.29. The molecule has 0 aliphatic rings. The largest absolute Gasteiger partial charge is 0.436 e. The summed E-state index contributed by atoms with van der Waals surface area (Å²) < 4.78 is 19.7. The number of nitrogens with one attached hydrogen (secondary N) is 1. The van der Waals surface area contributed by atoms with E-state index >= 15 is 0 Å². The molecule has 1 aromatic heterocycles. The maximum absolute atomic E-state index is 14.0. The third-order valence-electron chi connectivity index (χ3n) is 4.76. The van der Waals surface area contributed by atoms with E-state index in [0.29, 0.717) is 27.9 Å². The number of oxazole rings is 1. The van der Waals surface area contributed by atoms with Crippen LogP contribution in [0.2, 0.25) is 0 Å². The van der Waals surface area contributed by atoms with Gasteiger partial charge in [0, 0.05) is 11.3 Å². The van der Waals surface area contributed by atoms with Gasteiger partial charge in [0.15, 0.2) is 5.58 Å². The van der Waals surface area contributed by atoms with Gasteiger partial charge in [0.25, 0.3) is 5.91 Å². The predicted octanol–water partition coefficient (Wildman–Crippen LogP) is 6.04. The minimum atomic E-state index is -0.399. The predicted molar refractivity (Wildman–Crippen MR) is 111 cm³/mol. The highest BCUT2D eigenvalue weighted by Crippen LogP contribution is 2.28. The molecule has 4 nitrogen and oxygen atoms in total. The Morgan fingerprint density at radius 3 is 2.52 bits per heavy atom. The Balaban J connectivity index is 1.44. The zero-order chi connectivity index (χ0) is 19.8. The van der Waals surface area contributed by atoms with Crippen molar-refractivity contribution in [3.05, 3.63) is 96.3 Å². The first-order valence-corrected chi connectivity index (χ1v) is 9.13. The van der Waals surface area contributed by atoms with E-state index in [9.17, 15) is 9.18 Å². The maximum atomic E-state index is 14.0. The van der Waals surface area contributed by atoms with Crippen molar-refractivity contribution < 1.29 is 13.6 Å². The molecule has 1 amide bonds. The number of fused-ring (bicyclic) bond motifs is 2. The fraction of sp³-hybridized carbons (Fsp3) is 0. The molecule has 0 spiro atoms. The van der Waals surface area contributed by atoms with E-state index in [4.69, 9.17) is 4.42 Å². The van der Waals surface area contributed by atoms with Crippen molar-refractivity contribution in [2.75, 3.05) is 5.32 Å². The number of halogens is 1. The molecule has 140 valence electrons. The lowest BCUT2D eigenvalue weighted by molar-refractivity contribution is 0.102. The summed E-state index contributed by atoms with van der Waals surface area (Å²) in [5.74, 6) is -0.409. The van der Waals surface area contributed by atoms with E-state index in [1.54, 1.807) is 42.5 Å². The molecule has 0 aliphatic carbocycles. The van der Waals surface area contributed by atoms with Crippen LogP contribution >= 0.6 is 0 Å². The van der Waals surface area contributed by atoms with Crippen LogP contribution in [0, 0.1) is 5.82 Å². The first-order chi connectivity index (χ1) is 14.2. The molecule has 0 unspecified atom stereocenters. The fourth-order valence-corrected chi connectivity index (χ4v) is 3.29. The Morgan fingerprint density at radius 1 is 0.862 bits per heavy atom. The minimum Gasteiger partial charge on any atom is -0.436 e. The quantitative estimate of drug-likeness (QED) is 0.414. The summed E-state index contributed by atoms with van der Waals surface area (Å²) in [5.41, 5.74) is 2.51. The number of carbonyl (C=O) groups is 1. The van der Waals surface area contributed by atoms with Crippen molar-refractivity contribution in [3.8, 4) is 11.5 Å². The highest BCUT2D eigenvalue weighted by molar-refractivity contribution is 6.07. The van der Waals surface area contributed by atoms with E-state index in [-0.39, 0.29) is 11.8 Å². The van der Waals surface area contributed by atoms with Gasteiger partial charge in [0.2, 0.25) is 5.89 Å². The second kappa shape index (κ2) is 6.87. The lowest BCUT2D eigenvalue weighted by Crippen LogP contribution is -2.11. The van der Waals surface area contributed by atoms with Gasteiger partial charge >= 0.3 is 0 Å². The van der Waals surface area contributed by atoms with Gasteiger partial charge in [-0.25, -0.2) is 9.37 Å². The first kappa shape index (κ1) is 17.1. The Bertz CT molecular complexity index is 1370. The molecule has 1 heterocycles. The average Bonchev–Trinajstić information content (AvgIpc) is 3.17. The van der Waals surface area contributed by atoms with Gasteiger partial charge in [-0.15, -0.1) is 0 Å². The topological polar surface area (TPSA) is 55.1 Å². The first-order valence-electron chi connectivity index (χ1n) is 9.13. The number of hydrogen-bond acceptors (Lipinski definition) is 3. The molecule has 5 heteroatoms. The normalized spacial score (nSPS) is 11.1. The molecule has 0 radical (unpaired) electrons. The molecular formula is C24H15FN2O2. The summed E-state index contributed by atoms with van der Waals surface area (Å²) in [4.78, 5) is 17.0. The molecule has 0 saturated heterocycles. The summed E-state index contributed by atoms with van der Waals surface area (Å²) in [5, 5.41) is 4.96. The number of hydrogen-bond donors (Lipinski definition) is 1. The number of carbonyl (C=O) groups excluding carboxylic acids is 1. The standard InChI is InChI=1S/C24H15FN2O2/c25-20-8-4-3-7-19(20)24-27-21-14-18(11-12-22(21)29-24)26-23(28)17-10-9-15-5-1-2-6-16(15)13-17/h1-14H,(H,26,28). The molecule has 1 N–H and O–H groups in total. The molecule has 0 aliphatic heterocycles. The maximum Gasteiger partial charge on any atom is 0.255 e. The molecule has 5 rings (SSSR count). The summed E-state index contributed by atoms with van der Waals surface area (Å²) in [7, 11) is 0. The Morgan fingerprint density at radius 2 is 1.66 bits per heavy atom. The van der Waals surface area contributed by atoms with Crippen LogP contribution in [-0.4, -0.2) is 10.9 Å². The SMILES string of the molecule is O=C(Nc1ccc2oc(-c3ccccc3F)nc2c1)c1ccc2ccccc2c1. The monoisotopic (exact) mass is 382 g/mol. The van der Waals surface area contributed by atoms with Crippen molar-refractivity contribution in [3.63, 3.8) is 0 Å². The summed E-state index contributed by atoms with van der Waals surface area (Å²) in [6, 6.07) is 24.9. The second-order valence-corrected chi connectivity index (χ2v) is 6.70. The smallest absolute Gasteiger partial charge is 0.255 e. The number of benzene rings is 4. The second-order valence-electron chi connectivity index (χ2n) is 6.70. The summed E-state index contributed by atoms with van der Waals surface area (Å²) in [6.45, 7) is 0. The third kappa shape index (κ3) is 3.23. The highest BCUT2D eigenvalue weighted by Gasteiger charge is 2.13. The molecule has 0 atom stereocenters. The number of amides is 1. The Kier molecular flexibility index (Phi) is 4.06. The van der Waals surface area contributed by atoms with Gasteiger partial charge < -0.3 is 9.73 Å². The molecular weight excluding hydrogens is 367 g/mol. The lowest BCUT2D eigenvalue weighted by Gasteiger charge is -2.06. The van der Waals surface area contributed by atoms with Gasteiger partial charge in [0.1, 0.15) is 11.3 Å². The summed E-state index contributed by atoms with van der Waals surface area (Å²) >= 11 is 0. The van der Waals surface area contributed by atoms with Crippen molar-refractivity contribution in [2.24, 2.45) is 0 Å². The van der Waals surface area contributed by atoms with Crippen LogP contribution in [0.25, 0.3) is 33.3 Å². The van der Waals surface area contributed by atoms with Crippen LogP contribution in [-0.2, 0) is 0 Å². The van der Waals surface area contributed by atoms with Crippen LogP contribution in [0.1, 0.15) is 10.4 Å². The number of nitrogens with zero attached hydrogens (tertiary/aromatic N) is 1. The molecule has 0 fully saturated rings. The molecule has 5 aromatic rings. The third-order valence-corrected chi connectivity index (χ3v) is 4.76. The van der Waals surface area contributed by atoms with Crippen molar-refractivity contribution in [2.45, 2.75) is 0 Å². The van der Waals surface area contributed by atoms with Crippen LogP contribution in [0.15, 0.2) is 89.3 Å². The van der Waals surface area contributed by atoms with Gasteiger partial charge in [-0.1, -0.05) is 42.5 Å². The molecule has 4 aromatic carbocycles. The van der Waals surface area contributed by atoms with E-state index in [0.717, 1.165) is 10.8 Å². The zero-order valence-electron chi connectivity index (χ0n) is 15.2. The average molecular weight is 382 g/mol. The van der Waals surface area contributed by atoms with Crippen molar-refractivity contribution in [1.29, 1.82) is 0 Å². The van der Waals surface area contributed by atoms with E-state index < -0.39 is 5.82 Å². The van der Waals surface area contributed by atoms with Crippen molar-refractivity contribution >= 4 is 33.5 Å². The van der Waals surface area contributed by atoms with Crippen LogP contribution < -0.4 is 5.32 Å². The molecule has 29 heavy (non-hydrogen) atoms. The van der Waals surface area contributed by atoms with Crippen LogP contribution in [0.3, 0.4) is 0 Å². The van der Waals surface area contributed by atoms with E-state index in [1.807, 2.05) is 36.4 Å². The Labute approximate surface area is 165 Å². The van der Waals surface area contributed by atoms with Crippen LogP contribution in [0.4, 0.5) is 10.1 Å². The number of anilines is 1. The highest BCUT2D eigenvalue weighted by atomic mass is 19.1. The van der Waals surface area contributed by atoms with E-state index in [2.05, 4.69) is 10.3 Å². The van der Waals surface area contributed by atoms with Gasteiger partial charge in [-0.2, -0.15) is 0 Å². The lowest BCUT2D eigenvalue weighted by atomic mass is 10.1. The van der Waals surface area contributed by atoms with Crippen molar-refractivity contribution in [1.82, 2.24) is 4.98 Å². The van der Waals surface area contributed by atoms with Gasteiger partial charge in [0.05, 0.1) is 5.56 Å². The molecule has 0 bridgehead atoms. The number of aromatic nitrogens is 1. The Hall–Kier alpha value is -3.99. The zero-order valence-corrected chi connectivity index (χ0v) is 15.2. The van der Waals surface area contributed by atoms with Gasteiger partial charge in [-0.05, 0) is 53.2 Å². The van der Waals surface area contributed by atoms with Crippen LogP contribution in [0.5, 0.6) is 0 Å². The minimum absolute atomic E-state index is 0.205. The number of rotatable bonds is 3. The molecule has 0 saturated carbocycles. The van der Waals surface area contributed by atoms with E-state index in [1.165, 1.54) is 6.07 Å². The summed E-state index contributed by atoms with van der Waals surface area (Å²) in [6.07, 6.45) is 0. The van der Waals surface area contributed by atoms with Gasteiger partial charge in [-0.3, -0.25) is 4.79 Å².